The smallest absolute Gasteiger partial charge is 0.297 e. The van der Waals surface area contributed by atoms with Gasteiger partial charge in [-0.2, -0.15) is 4.57 Å². The number of hydrogen-bond donors (Lipinski definition) is 0. The number of alkyl halides is 1. The molecular formula is C15H15BrN2O3. The molecule has 0 bridgehead atoms. The highest BCUT2D eigenvalue weighted by Crippen LogP contribution is 2.08. The van der Waals surface area contributed by atoms with Gasteiger partial charge in [-0.1, -0.05) is 34.1 Å². The monoisotopic (exact) mass is 350 g/mol. The zero-order valence-corrected chi connectivity index (χ0v) is 13.1. The van der Waals surface area contributed by atoms with E-state index in [1.807, 2.05) is 6.92 Å². The van der Waals surface area contributed by atoms with Crippen LogP contribution in [-0.4, -0.2) is 20.4 Å². The van der Waals surface area contributed by atoms with Crippen LogP contribution in [0.15, 0.2) is 52.2 Å². The minimum Gasteiger partial charge on any atom is -0.297 e. The zero-order chi connectivity index (χ0) is 15.4. The Morgan fingerprint density at radius 3 is 2.48 bits per heavy atom. The standard InChI is InChI=1S/C15H15BrN2O3/c1-11(7-9-16)17-10-8-13(19)18(15(17)21)14(20)12-5-3-2-4-6-12/h2-6,8,10-11H,7,9H2,1H3. The molecule has 0 amide bonds. The number of aromatic nitrogens is 2. The normalized spacial score (nSPS) is 12.1. The minimum absolute atomic E-state index is 0.104. The molecule has 110 valence electrons. The van der Waals surface area contributed by atoms with Gasteiger partial charge in [0.05, 0.1) is 0 Å². The molecule has 21 heavy (non-hydrogen) atoms. The van der Waals surface area contributed by atoms with Crippen LogP contribution in [-0.2, 0) is 0 Å². The van der Waals surface area contributed by atoms with Gasteiger partial charge in [0.2, 0.25) is 0 Å². The predicted molar refractivity (Wildman–Crippen MR) is 84.3 cm³/mol. The summed E-state index contributed by atoms with van der Waals surface area (Å²) in [6.07, 6.45) is 2.16. The topological polar surface area (TPSA) is 61.1 Å². The second-order valence-electron chi connectivity index (χ2n) is 4.68. The molecular weight excluding hydrogens is 336 g/mol. The number of rotatable bonds is 4. The SMILES string of the molecule is CC(CCBr)n1ccc(=O)n(C(=O)c2ccccc2)c1=O. The lowest BCUT2D eigenvalue weighted by atomic mass is 10.2. The van der Waals surface area contributed by atoms with Gasteiger partial charge in [0.25, 0.3) is 11.5 Å². The lowest BCUT2D eigenvalue weighted by Gasteiger charge is -2.15. The van der Waals surface area contributed by atoms with Crippen molar-refractivity contribution in [1.29, 1.82) is 0 Å². The summed E-state index contributed by atoms with van der Waals surface area (Å²) in [7, 11) is 0. The highest BCUT2D eigenvalue weighted by Gasteiger charge is 2.16. The van der Waals surface area contributed by atoms with Crippen LogP contribution in [0, 0.1) is 0 Å². The van der Waals surface area contributed by atoms with Crippen molar-refractivity contribution in [3.8, 4) is 0 Å². The first-order valence-corrected chi connectivity index (χ1v) is 7.68. The van der Waals surface area contributed by atoms with E-state index in [-0.39, 0.29) is 6.04 Å². The van der Waals surface area contributed by atoms with Crippen molar-refractivity contribution in [3.63, 3.8) is 0 Å². The van der Waals surface area contributed by atoms with Crippen molar-refractivity contribution < 1.29 is 4.79 Å². The maximum Gasteiger partial charge on any atom is 0.338 e. The fourth-order valence-electron chi connectivity index (χ4n) is 2.02. The Morgan fingerprint density at radius 2 is 1.86 bits per heavy atom. The van der Waals surface area contributed by atoms with Crippen molar-refractivity contribution in [2.45, 2.75) is 19.4 Å². The molecule has 2 rings (SSSR count). The Balaban J connectivity index is 2.54. The van der Waals surface area contributed by atoms with Crippen LogP contribution in [0.5, 0.6) is 0 Å². The van der Waals surface area contributed by atoms with Gasteiger partial charge in [0, 0.05) is 29.2 Å². The number of carbonyl (C=O) groups excluding carboxylic acids is 1. The van der Waals surface area contributed by atoms with E-state index in [0.29, 0.717) is 10.1 Å². The van der Waals surface area contributed by atoms with Crippen LogP contribution in [0.3, 0.4) is 0 Å². The van der Waals surface area contributed by atoms with E-state index in [9.17, 15) is 14.4 Å². The predicted octanol–water partition coefficient (Wildman–Crippen LogP) is 2.04. The number of nitrogens with zero attached hydrogens (tertiary/aromatic N) is 2. The van der Waals surface area contributed by atoms with Crippen molar-refractivity contribution in [2.24, 2.45) is 0 Å². The van der Waals surface area contributed by atoms with E-state index in [0.717, 1.165) is 11.8 Å². The molecule has 1 aromatic heterocycles. The van der Waals surface area contributed by atoms with Crippen molar-refractivity contribution in [3.05, 3.63) is 69.0 Å². The number of benzene rings is 1. The van der Waals surface area contributed by atoms with Gasteiger partial charge in [-0.05, 0) is 25.5 Å². The molecule has 1 unspecified atom stereocenters. The van der Waals surface area contributed by atoms with Gasteiger partial charge in [-0.25, -0.2) is 4.79 Å². The molecule has 6 heteroatoms. The second kappa shape index (κ2) is 6.67. The Morgan fingerprint density at radius 1 is 1.19 bits per heavy atom. The Bertz CT molecular complexity index is 750. The molecule has 0 spiro atoms. The average Bonchev–Trinajstić information content (AvgIpc) is 2.48. The maximum absolute atomic E-state index is 12.4. The van der Waals surface area contributed by atoms with E-state index >= 15 is 0 Å². The Labute approximate surface area is 130 Å². The molecule has 0 aliphatic carbocycles. The molecule has 0 saturated heterocycles. The van der Waals surface area contributed by atoms with Crippen LogP contribution in [0.4, 0.5) is 0 Å². The summed E-state index contributed by atoms with van der Waals surface area (Å²) in [5.74, 6) is -0.606. The third-order valence-electron chi connectivity index (χ3n) is 3.24. The van der Waals surface area contributed by atoms with E-state index in [4.69, 9.17) is 0 Å². The summed E-state index contributed by atoms with van der Waals surface area (Å²) < 4.78 is 2.09. The second-order valence-corrected chi connectivity index (χ2v) is 5.47. The fraction of sp³-hybridized carbons (Fsp3) is 0.267. The summed E-state index contributed by atoms with van der Waals surface area (Å²) in [6, 6.07) is 9.43. The molecule has 1 aromatic carbocycles. The molecule has 0 N–H and O–H groups in total. The molecule has 2 aromatic rings. The summed E-state index contributed by atoms with van der Waals surface area (Å²) in [5.41, 5.74) is -0.913. The number of carbonyl (C=O) groups is 1. The molecule has 0 aliphatic heterocycles. The first-order chi connectivity index (χ1) is 10.1. The van der Waals surface area contributed by atoms with Gasteiger partial charge >= 0.3 is 5.69 Å². The summed E-state index contributed by atoms with van der Waals surface area (Å²) in [4.78, 5) is 36.7. The van der Waals surface area contributed by atoms with Crippen LogP contribution in [0.25, 0.3) is 0 Å². The van der Waals surface area contributed by atoms with E-state index < -0.39 is 17.2 Å². The van der Waals surface area contributed by atoms with Crippen LogP contribution in [0.1, 0.15) is 29.7 Å². The average molecular weight is 351 g/mol. The lowest BCUT2D eigenvalue weighted by Crippen LogP contribution is -2.43. The fourth-order valence-corrected chi connectivity index (χ4v) is 2.68. The highest BCUT2D eigenvalue weighted by molar-refractivity contribution is 9.09. The third-order valence-corrected chi connectivity index (χ3v) is 3.69. The Hall–Kier alpha value is -1.95. The summed E-state index contributed by atoms with van der Waals surface area (Å²) >= 11 is 3.32. The Kier molecular flexibility index (Phi) is 4.90. The van der Waals surface area contributed by atoms with E-state index in [2.05, 4.69) is 15.9 Å². The minimum atomic E-state index is -0.615. The van der Waals surface area contributed by atoms with Gasteiger partial charge in [-0.15, -0.1) is 0 Å². The summed E-state index contributed by atoms with van der Waals surface area (Å²) in [5, 5.41) is 0.729. The third kappa shape index (κ3) is 3.21. The number of halogens is 1. The highest BCUT2D eigenvalue weighted by atomic mass is 79.9. The van der Waals surface area contributed by atoms with Crippen molar-refractivity contribution in [2.75, 3.05) is 5.33 Å². The largest absolute Gasteiger partial charge is 0.338 e. The molecule has 0 saturated carbocycles. The molecule has 0 radical (unpaired) electrons. The van der Waals surface area contributed by atoms with Gasteiger partial charge in [0.15, 0.2) is 0 Å². The summed E-state index contributed by atoms with van der Waals surface area (Å²) in [6.45, 7) is 1.87. The first-order valence-electron chi connectivity index (χ1n) is 6.56. The van der Waals surface area contributed by atoms with Gasteiger partial charge < -0.3 is 0 Å². The molecule has 0 aliphatic rings. The molecule has 5 nitrogen and oxygen atoms in total. The molecule has 0 fully saturated rings. The molecule has 1 heterocycles. The maximum atomic E-state index is 12.4. The lowest BCUT2D eigenvalue weighted by molar-refractivity contribution is 0.0948. The first kappa shape index (κ1) is 15.4. The van der Waals surface area contributed by atoms with Crippen molar-refractivity contribution >= 4 is 21.8 Å². The van der Waals surface area contributed by atoms with E-state index in [1.54, 1.807) is 30.3 Å². The number of hydrogen-bond acceptors (Lipinski definition) is 3. The van der Waals surface area contributed by atoms with Crippen molar-refractivity contribution in [1.82, 2.24) is 9.13 Å². The quantitative estimate of drug-likeness (QED) is 0.792. The van der Waals surface area contributed by atoms with Crippen LogP contribution < -0.4 is 11.2 Å². The van der Waals surface area contributed by atoms with Gasteiger partial charge in [-0.3, -0.25) is 14.2 Å². The zero-order valence-electron chi connectivity index (χ0n) is 11.5. The van der Waals surface area contributed by atoms with E-state index in [1.165, 1.54) is 16.8 Å². The van der Waals surface area contributed by atoms with Crippen LogP contribution in [0.2, 0.25) is 0 Å². The van der Waals surface area contributed by atoms with Crippen LogP contribution >= 0.6 is 15.9 Å². The molecule has 1 atom stereocenters. The van der Waals surface area contributed by atoms with Gasteiger partial charge in [0.1, 0.15) is 0 Å².